The third-order valence-electron chi connectivity index (χ3n) is 5.62. The lowest BCUT2D eigenvalue weighted by Gasteiger charge is -2.09. The maximum atomic E-state index is 11.4. The van der Waals surface area contributed by atoms with Crippen LogP contribution in [0.1, 0.15) is 58.3 Å². The van der Waals surface area contributed by atoms with E-state index in [2.05, 4.69) is 29.5 Å². The second-order valence-corrected chi connectivity index (χ2v) is 10.4. The van der Waals surface area contributed by atoms with Crippen LogP contribution in [-0.2, 0) is 52.2 Å². The van der Waals surface area contributed by atoms with E-state index in [1.165, 1.54) is 23.7 Å². The van der Waals surface area contributed by atoms with Gasteiger partial charge in [-0.1, -0.05) is 55.2 Å². The Bertz CT molecular complexity index is 518. The zero-order valence-corrected chi connectivity index (χ0v) is 28.3. The predicted octanol–water partition coefficient (Wildman–Crippen LogP) is 4.25. The molecule has 0 saturated carbocycles. The number of rotatable bonds is 37. The summed E-state index contributed by atoms with van der Waals surface area (Å²) >= 11 is 2.42. The number of hydrogen-bond donors (Lipinski definition) is 0. The minimum absolute atomic E-state index is 0.155. The number of esters is 1. The van der Waals surface area contributed by atoms with Gasteiger partial charge < -0.3 is 47.4 Å². The molecule has 0 heterocycles. The maximum Gasteiger partial charge on any atom is 0.305 e. The van der Waals surface area contributed by atoms with Gasteiger partial charge in [-0.2, -0.15) is 0 Å². The maximum absolute atomic E-state index is 11.4. The summed E-state index contributed by atoms with van der Waals surface area (Å²) in [4.78, 5) is 11.4. The number of carbonyl (C=O) groups excluding carboxylic acids is 1. The van der Waals surface area contributed by atoms with Gasteiger partial charge in [-0.25, -0.2) is 0 Å². The first kappa shape index (κ1) is 41.8. The van der Waals surface area contributed by atoms with Crippen molar-refractivity contribution in [2.45, 2.75) is 58.3 Å². The molecule has 0 aromatic rings. The van der Waals surface area contributed by atoms with Gasteiger partial charge >= 0.3 is 5.97 Å². The van der Waals surface area contributed by atoms with E-state index in [0.717, 1.165) is 32.3 Å². The van der Waals surface area contributed by atoms with Crippen molar-refractivity contribution in [2.24, 2.45) is 0 Å². The topological polar surface area (TPSA) is 109 Å². The fourth-order valence-electron chi connectivity index (χ4n) is 3.32. The van der Waals surface area contributed by atoms with Crippen molar-refractivity contribution in [3.8, 4) is 0 Å². The number of ether oxygens (including phenoxy) is 10. The van der Waals surface area contributed by atoms with E-state index >= 15 is 0 Å². The van der Waals surface area contributed by atoms with Crippen molar-refractivity contribution in [3.05, 3.63) is 0 Å². The average Bonchev–Trinajstić information content (AvgIpc) is 2.99. The van der Waals surface area contributed by atoms with Gasteiger partial charge in [-0.05, 0) is 23.7 Å². The van der Waals surface area contributed by atoms with Gasteiger partial charge in [0.1, 0.15) is 6.61 Å². The molecule has 0 spiro atoms. The fraction of sp³-hybridized carbons (Fsp3) is 0.967. The molecule has 0 bridgehead atoms. The molecule has 0 amide bonds. The highest BCUT2D eigenvalue weighted by Gasteiger charge is 2.02. The summed E-state index contributed by atoms with van der Waals surface area (Å²) in [5.74, 6) is -0.155. The predicted molar refractivity (Wildman–Crippen MR) is 170 cm³/mol. The van der Waals surface area contributed by atoms with Gasteiger partial charge in [-0.3, -0.25) is 4.79 Å². The largest absolute Gasteiger partial charge is 0.463 e. The van der Waals surface area contributed by atoms with Crippen LogP contribution < -0.4 is 0 Å². The second-order valence-electron chi connectivity index (χ2n) is 9.29. The van der Waals surface area contributed by atoms with Gasteiger partial charge in [0.15, 0.2) is 0 Å². The average molecular weight is 723 g/mol. The lowest BCUT2D eigenvalue weighted by Crippen LogP contribution is -2.15. The molecule has 252 valence electrons. The van der Waals surface area contributed by atoms with E-state index in [-0.39, 0.29) is 12.6 Å². The van der Waals surface area contributed by atoms with Crippen LogP contribution in [-0.4, -0.2) is 136 Å². The Morgan fingerprint density at radius 2 is 0.738 bits per heavy atom. The first-order valence-electron chi connectivity index (χ1n) is 15.7. The Morgan fingerprint density at radius 1 is 0.405 bits per heavy atom. The summed E-state index contributed by atoms with van der Waals surface area (Å²) in [6.45, 7) is 12.0. The minimum Gasteiger partial charge on any atom is -0.463 e. The summed E-state index contributed by atoms with van der Waals surface area (Å²) in [6.07, 6.45) is 8.49. The third-order valence-corrected chi connectivity index (χ3v) is 6.39. The zero-order chi connectivity index (χ0) is 30.4. The molecule has 0 unspecified atom stereocenters. The van der Waals surface area contributed by atoms with Gasteiger partial charge in [0.2, 0.25) is 0 Å². The second kappa shape index (κ2) is 38.9. The van der Waals surface area contributed by atoms with E-state index in [4.69, 9.17) is 47.4 Å². The van der Waals surface area contributed by atoms with Gasteiger partial charge in [0.25, 0.3) is 0 Å². The van der Waals surface area contributed by atoms with Crippen LogP contribution in [0.2, 0.25) is 0 Å². The molecular formula is C30H59IO11. The molecule has 0 saturated heterocycles. The van der Waals surface area contributed by atoms with Crippen LogP contribution in [0.5, 0.6) is 0 Å². The van der Waals surface area contributed by atoms with Crippen LogP contribution in [0.15, 0.2) is 0 Å². The molecule has 0 aromatic carbocycles. The summed E-state index contributed by atoms with van der Waals surface area (Å²) < 4.78 is 55.5. The van der Waals surface area contributed by atoms with Crippen molar-refractivity contribution in [3.63, 3.8) is 0 Å². The highest BCUT2D eigenvalue weighted by molar-refractivity contribution is 14.1. The monoisotopic (exact) mass is 722 g/mol. The van der Waals surface area contributed by atoms with E-state index < -0.39 is 0 Å². The van der Waals surface area contributed by atoms with Crippen LogP contribution in [0, 0.1) is 0 Å². The first-order valence-corrected chi connectivity index (χ1v) is 17.2. The minimum atomic E-state index is -0.155. The smallest absolute Gasteiger partial charge is 0.305 e. The molecule has 0 aliphatic carbocycles. The fourth-order valence-corrected chi connectivity index (χ4v) is 3.86. The summed E-state index contributed by atoms with van der Waals surface area (Å²) in [5.41, 5.74) is 0. The number of hydrogen-bond acceptors (Lipinski definition) is 11. The Morgan fingerprint density at radius 3 is 1.10 bits per heavy atom. The van der Waals surface area contributed by atoms with Crippen LogP contribution in [0.25, 0.3) is 0 Å². The molecule has 0 aliphatic heterocycles. The van der Waals surface area contributed by atoms with Crippen molar-refractivity contribution >= 4 is 28.6 Å². The Kier molecular flexibility index (Phi) is 38.7. The van der Waals surface area contributed by atoms with Crippen LogP contribution in [0.3, 0.4) is 0 Å². The number of alkyl halides is 1. The van der Waals surface area contributed by atoms with E-state index in [1.807, 2.05) is 0 Å². The van der Waals surface area contributed by atoms with E-state index in [0.29, 0.717) is 119 Å². The first-order chi connectivity index (χ1) is 20.8. The molecule has 0 N–H and O–H groups in total. The quantitative estimate of drug-likeness (QED) is 0.0398. The molecule has 0 atom stereocenters. The lowest BCUT2D eigenvalue weighted by molar-refractivity contribution is -0.145. The lowest BCUT2D eigenvalue weighted by atomic mass is 10.2. The molecule has 0 radical (unpaired) electrons. The van der Waals surface area contributed by atoms with Crippen molar-refractivity contribution in [1.29, 1.82) is 0 Å². The Hall–Kier alpha value is -0.160. The normalized spacial score (nSPS) is 11.4. The highest BCUT2D eigenvalue weighted by Crippen LogP contribution is 2.02. The highest BCUT2D eigenvalue weighted by atomic mass is 127. The zero-order valence-electron chi connectivity index (χ0n) is 26.2. The van der Waals surface area contributed by atoms with Gasteiger partial charge in [0.05, 0.1) is 112 Å². The standard InChI is InChI=1S/C30H59IO11/c1-2-3-6-9-30(32)42-29-28-41-27-26-40-25-24-39-23-22-38-21-20-37-19-18-36-17-16-35-15-14-34-13-12-33-11-8-5-4-7-10-31/h2-29H2,1H3. The molecule has 12 heteroatoms. The molecule has 0 rings (SSSR count). The summed E-state index contributed by atoms with van der Waals surface area (Å²) in [5, 5.41) is 0. The number of unbranched alkanes of at least 4 members (excludes halogenated alkanes) is 5. The molecule has 0 fully saturated rings. The number of carbonyl (C=O) groups is 1. The van der Waals surface area contributed by atoms with Crippen molar-refractivity contribution in [2.75, 3.05) is 130 Å². The summed E-state index contributed by atoms with van der Waals surface area (Å²) in [6, 6.07) is 0. The van der Waals surface area contributed by atoms with Gasteiger partial charge in [0, 0.05) is 13.0 Å². The third kappa shape index (κ3) is 37.9. The summed E-state index contributed by atoms with van der Waals surface area (Å²) in [7, 11) is 0. The number of halogens is 1. The Labute approximate surface area is 268 Å². The molecule has 42 heavy (non-hydrogen) atoms. The molecule has 0 aliphatic rings. The van der Waals surface area contributed by atoms with E-state index in [1.54, 1.807) is 0 Å². The SMILES string of the molecule is CCCCCC(=O)OCCOCCOCCOCCOCCOCCOCCOCCOCCOCCCCCCI. The van der Waals surface area contributed by atoms with Crippen molar-refractivity contribution < 1.29 is 52.2 Å². The molecular weight excluding hydrogens is 663 g/mol. The molecule has 11 nitrogen and oxygen atoms in total. The van der Waals surface area contributed by atoms with Gasteiger partial charge in [-0.15, -0.1) is 0 Å². The van der Waals surface area contributed by atoms with E-state index in [9.17, 15) is 4.79 Å². The Balaban J connectivity index is 3.06. The van der Waals surface area contributed by atoms with Crippen LogP contribution in [0.4, 0.5) is 0 Å². The van der Waals surface area contributed by atoms with Crippen LogP contribution >= 0.6 is 22.6 Å². The molecule has 0 aromatic heterocycles. The van der Waals surface area contributed by atoms with Crippen molar-refractivity contribution in [1.82, 2.24) is 0 Å².